The van der Waals surface area contributed by atoms with Crippen LogP contribution in [0.2, 0.25) is 0 Å². The normalized spacial score (nSPS) is 17.9. The molecule has 3 nitrogen and oxygen atoms in total. The molecule has 1 heterocycles. The van der Waals surface area contributed by atoms with Crippen LogP contribution in [-0.4, -0.2) is 52.9 Å². The predicted octanol–water partition coefficient (Wildman–Crippen LogP) is 9.91. The van der Waals surface area contributed by atoms with E-state index in [9.17, 15) is 0 Å². The van der Waals surface area contributed by atoms with Crippen LogP contribution in [0.5, 0.6) is 0 Å². The van der Waals surface area contributed by atoms with E-state index in [1.165, 1.54) is 116 Å². The van der Waals surface area contributed by atoms with Gasteiger partial charge in [0.1, 0.15) is 0 Å². The van der Waals surface area contributed by atoms with Crippen LogP contribution >= 0.6 is 30.1 Å². The molecule has 1 rings (SSSR count). The van der Waals surface area contributed by atoms with Crippen LogP contribution in [0.15, 0.2) is 0 Å². The number of unbranched alkanes of at least 4 members (excludes halogenated alkanes) is 15. The third-order valence-corrected chi connectivity index (χ3v) is 13.0. The van der Waals surface area contributed by atoms with Crippen LogP contribution in [0.1, 0.15) is 136 Å². The average Bonchev–Trinajstić information content (AvgIpc) is 2.80. The molecule has 34 heavy (non-hydrogen) atoms. The third-order valence-electron chi connectivity index (χ3n) is 7.33. The Hall–Kier alpha value is 1.28. The van der Waals surface area contributed by atoms with E-state index < -0.39 is 10.5 Å². The summed E-state index contributed by atoms with van der Waals surface area (Å²) in [7, 11) is 17.6. The van der Waals surface area contributed by atoms with Crippen molar-refractivity contribution in [3.8, 4) is 0 Å². The molecule has 0 N–H and O–H groups in total. The van der Waals surface area contributed by atoms with Gasteiger partial charge in [-0.3, -0.25) is 0 Å². The van der Waals surface area contributed by atoms with Crippen LogP contribution < -0.4 is 0 Å². The van der Waals surface area contributed by atoms with Gasteiger partial charge in [0.25, 0.3) is 0 Å². The summed E-state index contributed by atoms with van der Waals surface area (Å²) < 4.78 is 0.723. The van der Waals surface area contributed by atoms with Gasteiger partial charge in [-0.15, -0.1) is 0 Å². The summed E-state index contributed by atoms with van der Waals surface area (Å²) in [6.45, 7) is 13.1. The van der Waals surface area contributed by atoms with Crippen LogP contribution in [0.4, 0.5) is 0 Å². The van der Waals surface area contributed by atoms with Crippen molar-refractivity contribution >= 4 is 30.1 Å². The van der Waals surface area contributed by atoms with E-state index in [0.29, 0.717) is 0 Å². The summed E-state index contributed by atoms with van der Waals surface area (Å²) in [4.78, 5) is 5.24. The molecule has 0 aromatic heterocycles. The fraction of sp³-hybridized carbons (Fsp3) is 1.00. The number of halogens is 3. The second-order valence-electron chi connectivity index (χ2n) is 10.7. The van der Waals surface area contributed by atoms with Crippen molar-refractivity contribution in [2.45, 2.75) is 136 Å². The topological polar surface area (TPSA) is 6.48 Å². The fourth-order valence-electron chi connectivity index (χ4n) is 5.22. The van der Waals surface area contributed by atoms with Crippen molar-refractivity contribution < 1.29 is 14.0 Å². The van der Waals surface area contributed by atoms with E-state index in [0.717, 1.165) is 43.1 Å². The molecule has 0 radical (unpaired) electrons. The standard InChI is InChI=1S/C27H57N3.3ClH.Cr/c1-4-7-10-13-16-19-22-28-25-29(23-20-17-14-11-8-5-2)27-30(26-28)24-21-18-15-12-9-6-3;;;;/h4-27H2,1-3H3;3*1H;/q;;;;+4/p-3. The molecule has 1 saturated heterocycles. The van der Waals surface area contributed by atoms with Gasteiger partial charge in [-0.1, -0.05) is 0 Å². The fourth-order valence-corrected chi connectivity index (χ4v) is 8.59. The Balaban J connectivity index is 2.69. The SMILES string of the molecule is CCCCCCCCN1CN(CCCCCCCC)C[N+](CCCCCCCC)([Cr]([Cl])([Cl])[Cl])C1. The molecule has 0 unspecified atom stereocenters. The molecule has 0 amide bonds. The number of nitrogens with zero attached hydrogens (tertiary/aromatic N) is 3. The molecule has 0 atom stereocenters. The molecule has 1 aliphatic heterocycles. The van der Waals surface area contributed by atoms with E-state index in [2.05, 4.69) is 30.6 Å². The summed E-state index contributed by atoms with van der Waals surface area (Å²) in [6, 6.07) is 0. The predicted molar refractivity (Wildman–Crippen MR) is 151 cm³/mol. The van der Waals surface area contributed by atoms with Gasteiger partial charge in [0.2, 0.25) is 0 Å². The molecule has 1 fully saturated rings. The number of hydrogen-bond donors (Lipinski definition) is 0. The van der Waals surface area contributed by atoms with Gasteiger partial charge >= 0.3 is 230 Å². The van der Waals surface area contributed by atoms with E-state index >= 15 is 0 Å². The van der Waals surface area contributed by atoms with Crippen molar-refractivity contribution in [3.05, 3.63) is 0 Å². The first kappa shape index (κ1) is 33.3. The van der Waals surface area contributed by atoms with Gasteiger partial charge in [0.15, 0.2) is 0 Å². The Morgan fingerprint density at radius 1 is 0.529 bits per heavy atom. The molecule has 0 aliphatic carbocycles. The second kappa shape index (κ2) is 20.3. The minimum absolute atomic E-state index is 0.723. The third kappa shape index (κ3) is 14.3. The molecule has 0 spiro atoms. The van der Waals surface area contributed by atoms with Crippen molar-refractivity contribution in [1.29, 1.82) is 0 Å². The Bertz CT molecular complexity index is 453. The zero-order valence-electron chi connectivity index (χ0n) is 22.9. The first-order valence-corrected chi connectivity index (χ1v) is 20.4. The maximum atomic E-state index is 6.90. The molecule has 0 aromatic rings. The monoisotopic (exact) mass is 580 g/mol. The molecular formula is C27H57Cl3CrN3+. The summed E-state index contributed by atoms with van der Waals surface area (Å²) >= 11 is 0. The second-order valence-corrected chi connectivity index (χ2v) is 20.6. The molecule has 1 aliphatic rings. The van der Waals surface area contributed by atoms with E-state index in [-0.39, 0.29) is 0 Å². The summed E-state index contributed by atoms with van der Waals surface area (Å²) in [5.74, 6) is 0. The van der Waals surface area contributed by atoms with Crippen LogP contribution in [0.25, 0.3) is 0 Å². The van der Waals surface area contributed by atoms with Gasteiger partial charge in [-0.25, -0.2) is 0 Å². The molecule has 0 saturated carbocycles. The van der Waals surface area contributed by atoms with Crippen molar-refractivity contribution in [3.63, 3.8) is 0 Å². The molecular weight excluding hydrogens is 525 g/mol. The molecule has 206 valence electrons. The molecule has 0 aromatic carbocycles. The number of quaternary nitrogens is 1. The Morgan fingerprint density at radius 2 is 0.882 bits per heavy atom. The van der Waals surface area contributed by atoms with Crippen molar-refractivity contribution in [2.75, 3.05) is 39.6 Å². The van der Waals surface area contributed by atoms with Gasteiger partial charge in [0, 0.05) is 0 Å². The number of rotatable bonds is 22. The summed E-state index contributed by atoms with van der Waals surface area (Å²) in [5, 5.41) is 0. The Labute approximate surface area is 229 Å². The zero-order valence-corrected chi connectivity index (χ0v) is 26.4. The Kier molecular flexibility index (Phi) is 19.9. The van der Waals surface area contributed by atoms with Gasteiger partial charge in [-0.2, -0.15) is 0 Å². The van der Waals surface area contributed by atoms with Crippen molar-refractivity contribution in [2.24, 2.45) is 0 Å². The summed E-state index contributed by atoms with van der Waals surface area (Å²) in [5.41, 5.74) is 0. The van der Waals surface area contributed by atoms with E-state index in [1.54, 1.807) is 0 Å². The first-order chi connectivity index (χ1) is 16.4. The maximum absolute atomic E-state index is 6.90. The van der Waals surface area contributed by atoms with Gasteiger partial charge < -0.3 is 0 Å². The van der Waals surface area contributed by atoms with E-state index in [4.69, 9.17) is 30.1 Å². The van der Waals surface area contributed by atoms with Crippen LogP contribution in [0.3, 0.4) is 0 Å². The zero-order chi connectivity index (χ0) is 25.1. The van der Waals surface area contributed by atoms with Crippen molar-refractivity contribution in [1.82, 2.24) is 9.80 Å². The van der Waals surface area contributed by atoms with Crippen LogP contribution in [0, 0.1) is 0 Å². The first-order valence-electron chi connectivity index (χ1n) is 14.6. The average molecular weight is 582 g/mol. The minimum atomic E-state index is -3.13. The van der Waals surface area contributed by atoms with E-state index in [1.807, 2.05) is 0 Å². The molecule has 7 heteroatoms. The molecule has 0 bridgehead atoms. The summed E-state index contributed by atoms with van der Waals surface area (Å²) in [6.07, 6.45) is 23.8. The van der Waals surface area contributed by atoms with Gasteiger partial charge in [0.05, 0.1) is 0 Å². The quantitative estimate of drug-likeness (QED) is 0.117. The van der Waals surface area contributed by atoms with Gasteiger partial charge in [-0.05, 0) is 0 Å². The Morgan fingerprint density at radius 3 is 1.26 bits per heavy atom. The number of hydrogen-bond acceptors (Lipinski definition) is 2. The van der Waals surface area contributed by atoms with Crippen LogP contribution in [-0.2, 0) is 10.5 Å².